The van der Waals surface area contributed by atoms with E-state index in [9.17, 15) is 0 Å². The molecule has 0 aromatic heterocycles. The molecule has 2 rings (SSSR count). The topological polar surface area (TPSA) is 30.5 Å². The molecule has 0 atom stereocenters. The van der Waals surface area contributed by atoms with Gasteiger partial charge in [0.2, 0.25) is 0 Å². The Morgan fingerprint density at radius 2 is 1.80 bits per heavy atom. The lowest BCUT2D eigenvalue weighted by atomic mass is 9.87. The van der Waals surface area contributed by atoms with Crippen molar-refractivity contribution in [2.45, 2.75) is 26.2 Å². The van der Waals surface area contributed by atoms with Crippen molar-refractivity contribution in [3.05, 3.63) is 23.8 Å². The number of benzene rings is 1. The summed E-state index contributed by atoms with van der Waals surface area (Å²) < 4.78 is 11.0. The van der Waals surface area contributed by atoms with Gasteiger partial charge in [0.15, 0.2) is 0 Å². The summed E-state index contributed by atoms with van der Waals surface area (Å²) in [6.07, 6.45) is 0. The number of rotatable bonds is 1. The third-order valence-electron chi connectivity index (χ3n) is 2.51. The van der Waals surface area contributed by atoms with Crippen molar-refractivity contribution in [1.82, 2.24) is 5.23 Å². The normalized spacial score (nSPS) is 14.5. The lowest BCUT2D eigenvalue weighted by molar-refractivity contribution is 0.482. The summed E-state index contributed by atoms with van der Waals surface area (Å²) in [6, 6.07) is 6.10. The van der Waals surface area contributed by atoms with Gasteiger partial charge in [-0.05, 0) is 30.2 Å². The monoisotopic (exact) mass is 205 g/mol. The second-order valence-electron chi connectivity index (χ2n) is 4.77. The first-order chi connectivity index (χ1) is 7.00. The Bertz CT molecular complexity index is 373. The molecule has 0 amide bonds. The van der Waals surface area contributed by atoms with Crippen LogP contribution < -0.4 is 14.5 Å². The molecule has 1 heterocycles. The Kier molecular flexibility index (Phi) is 2.39. The minimum atomic E-state index is -0.352. The Labute approximate surface area is 90.9 Å². The summed E-state index contributed by atoms with van der Waals surface area (Å²) in [5, 5.41) is 2.92. The average Bonchev–Trinajstić information content (AvgIpc) is 2.57. The molecule has 1 aliphatic heterocycles. The van der Waals surface area contributed by atoms with Gasteiger partial charge in [0, 0.05) is 0 Å². The predicted molar refractivity (Wildman–Crippen MR) is 61.2 cm³/mol. The van der Waals surface area contributed by atoms with E-state index in [0.717, 1.165) is 11.5 Å². The van der Waals surface area contributed by atoms with Crippen molar-refractivity contribution in [3.63, 3.8) is 0 Å². The number of hydrogen-bond acceptors (Lipinski definition) is 3. The summed E-state index contributed by atoms with van der Waals surface area (Å²) in [5.74, 6) is 1.63. The average molecular weight is 205 g/mol. The zero-order chi connectivity index (χ0) is 11.1. The minimum Gasteiger partial charge on any atom is -0.509 e. The fourth-order valence-electron chi connectivity index (χ4n) is 1.54. The largest absolute Gasteiger partial charge is 0.698 e. The fraction of sp³-hybridized carbons (Fsp3) is 0.455. The second kappa shape index (κ2) is 3.45. The van der Waals surface area contributed by atoms with Crippen molar-refractivity contribution in [1.29, 1.82) is 0 Å². The molecule has 1 N–H and O–H groups in total. The molecule has 0 bridgehead atoms. The van der Waals surface area contributed by atoms with Gasteiger partial charge in [0.1, 0.15) is 11.5 Å². The first-order valence-corrected chi connectivity index (χ1v) is 5.16. The number of hydrogen-bond donors (Lipinski definition) is 1. The third kappa shape index (κ3) is 1.95. The lowest BCUT2D eigenvalue weighted by Gasteiger charge is -2.19. The van der Waals surface area contributed by atoms with Gasteiger partial charge in [-0.3, -0.25) is 5.23 Å². The van der Waals surface area contributed by atoms with E-state index < -0.39 is 0 Å². The van der Waals surface area contributed by atoms with Gasteiger partial charge in [-0.15, -0.1) is 0 Å². The lowest BCUT2D eigenvalue weighted by Crippen LogP contribution is -2.39. The van der Waals surface area contributed by atoms with Crippen LogP contribution in [0.15, 0.2) is 18.2 Å². The molecule has 0 fully saturated rings. The molecule has 1 aliphatic rings. The Hall–Kier alpha value is -1.16. The highest BCUT2D eigenvalue weighted by Gasteiger charge is 2.31. The highest BCUT2D eigenvalue weighted by Crippen LogP contribution is 2.36. The molecule has 80 valence electrons. The molecule has 0 spiro atoms. The molecule has 4 heteroatoms. The maximum absolute atomic E-state index is 5.56. The van der Waals surface area contributed by atoms with Crippen LogP contribution in [0.3, 0.4) is 0 Å². The quantitative estimate of drug-likeness (QED) is 0.711. The Balaban J connectivity index is 2.30. The van der Waals surface area contributed by atoms with Crippen molar-refractivity contribution in [2.24, 2.45) is 0 Å². The second-order valence-corrected chi connectivity index (χ2v) is 4.77. The molecule has 0 unspecified atom stereocenters. The molecule has 15 heavy (non-hydrogen) atoms. The molecule has 0 saturated heterocycles. The van der Waals surface area contributed by atoms with E-state index >= 15 is 0 Å². The van der Waals surface area contributed by atoms with Crippen molar-refractivity contribution >= 4 is 7.25 Å². The van der Waals surface area contributed by atoms with Crippen LogP contribution in [0.2, 0.25) is 0 Å². The van der Waals surface area contributed by atoms with Crippen LogP contribution in [0.25, 0.3) is 0 Å². The summed E-state index contributed by atoms with van der Waals surface area (Å²) in [4.78, 5) is 0. The molecular weight excluding hydrogens is 189 g/mol. The van der Waals surface area contributed by atoms with Crippen LogP contribution >= 0.6 is 0 Å². The van der Waals surface area contributed by atoms with Crippen molar-refractivity contribution < 1.29 is 9.31 Å². The van der Waals surface area contributed by atoms with Crippen LogP contribution in [-0.4, -0.2) is 14.3 Å². The first kappa shape index (κ1) is 10.4. The van der Waals surface area contributed by atoms with Crippen LogP contribution in [-0.2, 0) is 5.41 Å². The van der Waals surface area contributed by atoms with Gasteiger partial charge in [-0.25, -0.2) is 0 Å². The van der Waals surface area contributed by atoms with Gasteiger partial charge < -0.3 is 9.31 Å². The van der Waals surface area contributed by atoms with Gasteiger partial charge in [0.05, 0.1) is 0 Å². The summed E-state index contributed by atoms with van der Waals surface area (Å²) in [6.45, 7) is 6.54. The predicted octanol–water partition coefficient (Wildman–Crippen LogP) is 1.96. The van der Waals surface area contributed by atoms with Gasteiger partial charge in [0.25, 0.3) is 0 Å². The smallest absolute Gasteiger partial charge is 0.509 e. The van der Waals surface area contributed by atoms with Crippen molar-refractivity contribution in [2.75, 3.05) is 7.05 Å². The van der Waals surface area contributed by atoms with E-state index in [0.29, 0.717) is 0 Å². The van der Waals surface area contributed by atoms with Gasteiger partial charge in [-0.1, -0.05) is 26.8 Å². The van der Waals surface area contributed by atoms with Crippen LogP contribution in [0, 0.1) is 0 Å². The molecule has 3 nitrogen and oxygen atoms in total. The molecule has 1 aromatic rings. The number of fused-ring (bicyclic) bond motifs is 1. The zero-order valence-corrected chi connectivity index (χ0v) is 9.63. The fourth-order valence-corrected chi connectivity index (χ4v) is 1.54. The highest BCUT2D eigenvalue weighted by atomic mass is 16.6. The molecule has 1 aromatic carbocycles. The standard InChI is InChI=1S/C11H16BNO2/c1-11(2,3)8-5-6-9-10(7-8)15-12(13-4)14-9/h5-7,13H,1-4H3. The van der Waals surface area contributed by atoms with Crippen LogP contribution in [0.5, 0.6) is 11.5 Å². The molecular formula is C11H16BNO2. The SMILES string of the molecule is CNB1Oc2ccc(C(C)(C)C)cc2O1. The van der Waals surface area contributed by atoms with E-state index in [-0.39, 0.29) is 12.7 Å². The van der Waals surface area contributed by atoms with E-state index in [2.05, 4.69) is 32.1 Å². The van der Waals surface area contributed by atoms with Gasteiger partial charge >= 0.3 is 7.25 Å². The molecule has 0 saturated carbocycles. The Morgan fingerprint density at radius 1 is 1.13 bits per heavy atom. The van der Waals surface area contributed by atoms with E-state index in [1.165, 1.54) is 5.56 Å². The number of nitrogens with one attached hydrogen (secondary N) is 1. The molecule has 0 aliphatic carbocycles. The maximum atomic E-state index is 5.56. The van der Waals surface area contributed by atoms with Crippen LogP contribution in [0.4, 0.5) is 0 Å². The summed E-state index contributed by atoms with van der Waals surface area (Å²) in [7, 11) is 1.46. The molecule has 0 radical (unpaired) electrons. The third-order valence-corrected chi connectivity index (χ3v) is 2.51. The summed E-state index contributed by atoms with van der Waals surface area (Å²) >= 11 is 0. The van der Waals surface area contributed by atoms with Crippen molar-refractivity contribution in [3.8, 4) is 11.5 Å². The van der Waals surface area contributed by atoms with Gasteiger partial charge in [-0.2, -0.15) is 0 Å². The minimum absolute atomic E-state index is 0.135. The maximum Gasteiger partial charge on any atom is 0.698 e. The van der Waals surface area contributed by atoms with E-state index in [1.54, 1.807) is 7.05 Å². The summed E-state index contributed by atoms with van der Waals surface area (Å²) in [5.41, 5.74) is 1.39. The highest BCUT2D eigenvalue weighted by molar-refractivity contribution is 6.44. The zero-order valence-electron chi connectivity index (χ0n) is 9.63. The first-order valence-electron chi connectivity index (χ1n) is 5.16. The van der Waals surface area contributed by atoms with Crippen LogP contribution in [0.1, 0.15) is 26.3 Å². The van der Waals surface area contributed by atoms with E-state index in [4.69, 9.17) is 9.31 Å². The van der Waals surface area contributed by atoms with E-state index in [1.807, 2.05) is 12.1 Å². The Morgan fingerprint density at radius 3 is 2.40 bits per heavy atom.